The maximum atomic E-state index is 12.2. The maximum absolute atomic E-state index is 12.2. The molecule has 2 aliphatic carbocycles. The SMILES string of the molecule is CSC1CCCCC1NC(=O)C1(C(N)=S)CC1. The van der Waals surface area contributed by atoms with E-state index in [1.807, 2.05) is 11.8 Å². The highest BCUT2D eigenvalue weighted by Gasteiger charge is 2.53. The Bertz CT molecular complexity index is 328. The predicted molar refractivity (Wildman–Crippen MR) is 76.2 cm³/mol. The monoisotopic (exact) mass is 272 g/mol. The Morgan fingerprint density at radius 3 is 2.59 bits per heavy atom. The molecule has 0 radical (unpaired) electrons. The number of carbonyl (C=O) groups excluding carboxylic acids is 1. The van der Waals surface area contributed by atoms with Gasteiger partial charge in [-0.25, -0.2) is 0 Å². The molecule has 0 aliphatic heterocycles. The van der Waals surface area contributed by atoms with Gasteiger partial charge in [-0.2, -0.15) is 11.8 Å². The molecule has 3 nitrogen and oxygen atoms in total. The van der Waals surface area contributed by atoms with Gasteiger partial charge < -0.3 is 11.1 Å². The molecule has 2 aliphatic rings. The second kappa shape index (κ2) is 5.14. The van der Waals surface area contributed by atoms with E-state index in [0.29, 0.717) is 16.3 Å². The smallest absolute Gasteiger partial charge is 0.233 e. The van der Waals surface area contributed by atoms with Crippen LogP contribution in [0.1, 0.15) is 38.5 Å². The molecule has 0 aromatic heterocycles. The molecule has 0 bridgehead atoms. The molecule has 2 atom stereocenters. The quantitative estimate of drug-likeness (QED) is 0.767. The van der Waals surface area contributed by atoms with Gasteiger partial charge in [0, 0.05) is 11.3 Å². The third-order valence-corrected chi connectivity index (χ3v) is 5.54. The van der Waals surface area contributed by atoms with Gasteiger partial charge in [0.1, 0.15) is 0 Å². The first-order valence-corrected chi connectivity index (χ1v) is 7.93. The van der Waals surface area contributed by atoms with E-state index < -0.39 is 5.41 Å². The maximum Gasteiger partial charge on any atom is 0.233 e. The molecule has 1 amide bonds. The van der Waals surface area contributed by atoms with E-state index in [1.54, 1.807) is 0 Å². The van der Waals surface area contributed by atoms with E-state index in [-0.39, 0.29) is 5.91 Å². The summed E-state index contributed by atoms with van der Waals surface area (Å²) in [6, 6.07) is 0.304. The predicted octanol–water partition coefficient (Wildman–Crippen LogP) is 1.84. The van der Waals surface area contributed by atoms with Crippen molar-refractivity contribution in [2.45, 2.75) is 49.8 Å². The molecule has 5 heteroatoms. The van der Waals surface area contributed by atoms with Crippen LogP contribution in [0.5, 0.6) is 0 Å². The lowest BCUT2D eigenvalue weighted by Crippen LogP contribution is -2.49. The fraction of sp³-hybridized carbons (Fsp3) is 0.833. The highest BCUT2D eigenvalue weighted by Crippen LogP contribution is 2.46. The molecular weight excluding hydrogens is 252 g/mol. The Morgan fingerprint density at radius 1 is 1.41 bits per heavy atom. The Morgan fingerprint density at radius 2 is 2.06 bits per heavy atom. The Hall–Kier alpha value is -0.290. The highest BCUT2D eigenvalue weighted by molar-refractivity contribution is 7.99. The van der Waals surface area contributed by atoms with Gasteiger partial charge in [-0.1, -0.05) is 25.1 Å². The first-order valence-electron chi connectivity index (χ1n) is 6.24. The molecule has 96 valence electrons. The minimum absolute atomic E-state index is 0.0657. The summed E-state index contributed by atoms with van der Waals surface area (Å²) in [7, 11) is 0. The van der Waals surface area contributed by atoms with Gasteiger partial charge in [0.2, 0.25) is 5.91 Å². The van der Waals surface area contributed by atoms with Crippen LogP contribution in [-0.4, -0.2) is 28.4 Å². The van der Waals surface area contributed by atoms with E-state index in [9.17, 15) is 4.79 Å². The standard InChI is InChI=1S/C12H20N2OS2/c1-17-9-5-3-2-4-8(9)14-11(15)12(6-7-12)10(13)16/h8-9H,2-7H2,1H3,(H2,13,16)(H,14,15). The van der Waals surface area contributed by atoms with Crippen LogP contribution in [-0.2, 0) is 4.79 Å². The third-order valence-electron chi connectivity index (χ3n) is 3.98. The number of amides is 1. The fourth-order valence-electron chi connectivity index (χ4n) is 2.56. The molecule has 2 rings (SSSR count). The first-order chi connectivity index (χ1) is 8.10. The number of hydrogen-bond acceptors (Lipinski definition) is 3. The van der Waals surface area contributed by atoms with Crippen molar-refractivity contribution in [2.75, 3.05) is 6.26 Å². The number of thiocarbonyl (C=S) groups is 1. The van der Waals surface area contributed by atoms with Crippen molar-refractivity contribution < 1.29 is 4.79 Å². The van der Waals surface area contributed by atoms with Crippen molar-refractivity contribution in [3.8, 4) is 0 Å². The average Bonchev–Trinajstić information content (AvgIpc) is 3.10. The summed E-state index contributed by atoms with van der Waals surface area (Å²) < 4.78 is 0. The van der Waals surface area contributed by atoms with E-state index in [2.05, 4.69) is 11.6 Å². The van der Waals surface area contributed by atoms with Crippen LogP contribution in [0.15, 0.2) is 0 Å². The molecule has 17 heavy (non-hydrogen) atoms. The second-order valence-corrected chi connectivity index (χ2v) is 6.60. The van der Waals surface area contributed by atoms with Gasteiger partial charge in [0.25, 0.3) is 0 Å². The zero-order valence-corrected chi connectivity index (χ0v) is 11.8. The molecule has 2 fully saturated rings. The van der Waals surface area contributed by atoms with E-state index in [1.165, 1.54) is 19.3 Å². The lowest BCUT2D eigenvalue weighted by atomic mass is 9.94. The van der Waals surface area contributed by atoms with Crippen LogP contribution >= 0.6 is 24.0 Å². The van der Waals surface area contributed by atoms with Crippen molar-refractivity contribution in [1.29, 1.82) is 0 Å². The minimum atomic E-state index is -0.504. The van der Waals surface area contributed by atoms with Gasteiger partial charge in [-0.05, 0) is 31.9 Å². The lowest BCUT2D eigenvalue weighted by Gasteiger charge is -2.32. The summed E-state index contributed by atoms with van der Waals surface area (Å²) in [5.41, 5.74) is 5.17. The topological polar surface area (TPSA) is 55.1 Å². The molecule has 2 unspecified atom stereocenters. The Labute approximate surface area is 112 Å². The molecular formula is C12H20N2OS2. The third kappa shape index (κ3) is 2.60. The summed E-state index contributed by atoms with van der Waals surface area (Å²) in [4.78, 5) is 12.6. The second-order valence-electron chi connectivity index (χ2n) is 5.08. The van der Waals surface area contributed by atoms with Crippen LogP contribution < -0.4 is 11.1 Å². The van der Waals surface area contributed by atoms with E-state index in [4.69, 9.17) is 18.0 Å². The molecule has 0 aromatic rings. The summed E-state index contributed by atoms with van der Waals surface area (Å²) in [6.45, 7) is 0. The normalized spacial score (nSPS) is 30.6. The van der Waals surface area contributed by atoms with Crippen molar-refractivity contribution in [3.05, 3.63) is 0 Å². The summed E-state index contributed by atoms with van der Waals surface area (Å²) in [5, 5.41) is 3.73. The van der Waals surface area contributed by atoms with Gasteiger partial charge in [-0.3, -0.25) is 4.79 Å². The molecule has 3 N–H and O–H groups in total. The fourth-order valence-corrected chi connectivity index (χ4v) is 3.79. The van der Waals surface area contributed by atoms with Gasteiger partial charge in [-0.15, -0.1) is 0 Å². The van der Waals surface area contributed by atoms with Crippen LogP contribution in [0.25, 0.3) is 0 Å². The molecule has 2 saturated carbocycles. The number of nitrogens with two attached hydrogens (primary N) is 1. The van der Waals surface area contributed by atoms with Crippen LogP contribution in [0.4, 0.5) is 0 Å². The number of carbonyl (C=O) groups is 1. The lowest BCUT2D eigenvalue weighted by molar-refractivity contribution is -0.124. The number of rotatable bonds is 4. The van der Waals surface area contributed by atoms with Crippen molar-refractivity contribution >= 4 is 34.9 Å². The van der Waals surface area contributed by atoms with E-state index in [0.717, 1.165) is 19.3 Å². The Kier molecular flexibility index (Phi) is 3.98. The van der Waals surface area contributed by atoms with Gasteiger partial charge in [0.05, 0.1) is 10.4 Å². The zero-order chi connectivity index (χ0) is 12.5. The minimum Gasteiger partial charge on any atom is -0.392 e. The molecule has 0 heterocycles. The van der Waals surface area contributed by atoms with Crippen LogP contribution in [0.2, 0.25) is 0 Å². The average molecular weight is 272 g/mol. The van der Waals surface area contributed by atoms with Crippen LogP contribution in [0.3, 0.4) is 0 Å². The molecule has 0 saturated heterocycles. The largest absolute Gasteiger partial charge is 0.392 e. The first kappa shape index (κ1) is 13.1. The van der Waals surface area contributed by atoms with Crippen molar-refractivity contribution in [2.24, 2.45) is 11.1 Å². The number of nitrogens with one attached hydrogen (secondary N) is 1. The Balaban J connectivity index is 1.96. The van der Waals surface area contributed by atoms with Gasteiger partial charge in [0.15, 0.2) is 0 Å². The summed E-state index contributed by atoms with van der Waals surface area (Å²) in [5.74, 6) is 0.0657. The zero-order valence-electron chi connectivity index (χ0n) is 10.2. The van der Waals surface area contributed by atoms with Gasteiger partial charge >= 0.3 is 0 Å². The molecule has 0 aromatic carbocycles. The summed E-state index contributed by atoms with van der Waals surface area (Å²) >= 11 is 6.86. The number of thioether (sulfide) groups is 1. The number of hydrogen-bond donors (Lipinski definition) is 2. The molecule has 0 spiro atoms. The van der Waals surface area contributed by atoms with E-state index >= 15 is 0 Å². The van der Waals surface area contributed by atoms with Crippen molar-refractivity contribution in [3.63, 3.8) is 0 Å². The van der Waals surface area contributed by atoms with Crippen LogP contribution in [0, 0.1) is 5.41 Å². The van der Waals surface area contributed by atoms with Crippen molar-refractivity contribution in [1.82, 2.24) is 5.32 Å². The summed E-state index contributed by atoms with van der Waals surface area (Å²) in [6.07, 6.45) is 8.54. The highest BCUT2D eigenvalue weighted by atomic mass is 32.2.